The van der Waals surface area contributed by atoms with Crippen molar-refractivity contribution in [3.8, 4) is 0 Å². The Morgan fingerprint density at radius 2 is 2.47 bits per heavy atom. The van der Waals surface area contributed by atoms with E-state index in [1.807, 2.05) is 24.5 Å². The molecule has 2 unspecified atom stereocenters. The third-order valence-corrected chi connectivity index (χ3v) is 4.57. The van der Waals surface area contributed by atoms with Crippen molar-refractivity contribution >= 4 is 23.1 Å². The Morgan fingerprint density at radius 1 is 1.67 bits per heavy atom. The Balaban J connectivity index is 2.34. The first kappa shape index (κ1) is 10.0. The number of fused-ring (bicyclic) bond motifs is 1. The maximum Gasteiger partial charge on any atom is 0.294 e. The standard InChI is InChI=1S/C10H12N2O2S/c1-7(14-6-13)15-5-9(11)8-3-2-4-12-10(8)15/h2-7,15H,11H2,1H3. The molecule has 2 heterocycles. The number of carbonyl (C=O) groups is 1. The fourth-order valence-electron chi connectivity index (χ4n) is 1.53. The van der Waals surface area contributed by atoms with Gasteiger partial charge in [-0.15, -0.1) is 0 Å². The van der Waals surface area contributed by atoms with Crippen molar-refractivity contribution < 1.29 is 9.53 Å². The van der Waals surface area contributed by atoms with Gasteiger partial charge < -0.3 is 10.5 Å². The first-order valence-corrected chi connectivity index (χ1v) is 6.02. The summed E-state index contributed by atoms with van der Waals surface area (Å²) in [5.74, 6) is 0. The Morgan fingerprint density at radius 3 is 3.20 bits per heavy atom. The molecule has 2 atom stereocenters. The van der Waals surface area contributed by atoms with Gasteiger partial charge >= 0.3 is 0 Å². The summed E-state index contributed by atoms with van der Waals surface area (Å²) in [4.78, 5) is 14.6. The molecule has 5 heteroatoms. The highest BCUT2D eigenvalue weighted by Crippen LogP contribution is 2.49. The van der Waals surface area contributed by atoms with Crippen LogP contribution in [0.25, 0.3) is 5.70 Å². The van der Waals surface area contributed by atoms with E-state index in [1.165, 1.54) is 0 Å². The van der Waals surface area contributed by atoms with Gasteiger partial charge in [0, 0.05) is 17.5 Å². The minimum atomic E-state index is -0.719. The number of rotatable bonds is 3. The van der Waals surface area contributed by atoms with Crippen LogP contribution in [0.2, 0.25) is 0 Å². The molecule has 0 aromatic carbocycles. The molecule has 0 bridgehead atoms. The molecule has 1 aromatic rings. The van der Waals surface area contributed by atoms with E-state index in [0.29, 0.717) is 6.47 Å². The smallest absolute Gasteiger partial charge is 0.294 e. The van der Waals surface area contributed by atoms with E-state index in [-0.39, 0.29) is 5.44 Å². The summed E-state index contributed by atoms with van der Waals surface area (Å²) in [5, 5.41) is 2.89. The third kappa shape index (κ3) is 1.70. The zero-order valence-corrected chi connectivity index (χ0v) is 9.15. The van der Waals surface area contributed by atoms with Crippen molar-refractivity contribution in [2.75, 3.05) is 0 Å². The monoisotopic (exact) mass is 224 g/mol. The first-order valence-electron chi connectivity index (χ1n) is 4.54. The van der Waals surface area contributed by atoms with Gasteiger partial charge in [0.2, 0.25) is 0 Å². The van der Waals surface area contributed by atoms with Gasteiger partial charge in [0.1, 0.15) is 5.44 Å². The van der Waals surface area contributed by atoms with E-state index < -0.39 is 10.9 Å². The van der Waals surface area contributed by atoms with Crippen LogP contribution in [0.1, 0.15) is 12.5 Å². The van der Waals surface area contributed by atoms with Crippen LogP contribution in [0.5, 0.6) is 0 Å². The van der Waals surface area contributed by atoms with Crippen molar-refractivity contribution in [2.45, 2.75) is 17.4 Å². The average molecular weight is 224 g/mol. The van der Waals surface area contributed by atoms with Gasteiger partial charge in [-0.3, -0.25) is 9.78 Å². The lowest BCUT2D eigenvalue weighted by molar-refractivity contribution is -0.129. The van der Waals surface area contributed by atoms with Crippen LogP contribution in [0.15, 0.2) is 28.8 Å². The zero-order valence-electron chi connectivity index (χ0n) is 8.25. The molecule has 0 saturated carbocycles. The van der Waals surface area contributed by atoms with Crippen molar-refractivity contribution in [2.24, 2.45) is 5.73 Å². The Hall–Kier alpha value is -1.49. The average Bonchev–Trinajstić information content (AvgIpc) is 2.58. The molecule has 2 rings (SSSR count). The topological polar surface area (TPSA) is 65.2 Å². The lowest BCUT2D eigenvalue weighted by Gasteiger charge is -2.19. The largest absolute Gasteiger partial charge is 0.455 e. The highest BCUT2D eigenvalue weighted by molar-refractivity contribution is 8.20. The van der Waals surface area contributed by atoms with Crippen molar-refractivity contribution in [3.05, 3.63) is 29.3 Å². The Labute approximate surface area is 90.5 Å². The van der Waals surface area contributed by atoms with Crippen LogP contribution in [-0.4, -0.2) is 16.9 Å². The number of nitrogens with two attached hydrogens (primary N) is 1. The number of carbonyl (C=O) groups excluding carboxylic acids is 1. The number of nitrogens with zero attached hydrogens (tertiary/aromatic N) is 1. The number of ether oxygens (including phenoxy) is 1. The van der Waals surface area contributed by atoms with E-state index in [0.717, 1.165) is 16.3 Å². The summed E-state index contributed by atoms with van der Waals surface area (Å²) in [6.45, 7) is 2.33. The van der Waals surface area contributed by atoms with Crippen LogP contribution in [0.4, 0.5) is 0 Å². The molecule has 0 spiro atoms. The predicted octanol–water partition coefficient (Wildman–Crippen LogP) is 1.23. The Kier molecular flexibility index (Phi) is 2.64. The summed E-state index contributed by atoms with van der Waals surface area (Å²) < 4.78 is 4.94. The molecule has 80 valence electrons. The zero-order chi connectivity index (χ0) is 10.8. The van der Waals surface area contributed by atoms with Gasteiger partial charge in [-0.1, -0.05) is 0 Å². The molecule has 0 fully saturated rings. The number of hydrogen-bond donors (Lipinski definition) is 2. The molecular weight excluding hydrogens is 212 g/mol. The van der Waals surface area contributed by atoms with Gasteiger partial charge in [0.05, 0.1) is 5.03 Å². The lowest BCUT2D eigenvalue weighted by Crippen LogP contribution is -2.06. The molecule has 1 aromatic heterocycles. The van der Waals surface area contributed by atoms with Crippen molar-refractivity contribution in [1.82, 2.24) is 4.98 Å². The second kappa shape index (κ2) is 3.94. The van der Waals surface area contributed by atoms with Crippen LogP contribution in [0.3, 0.4) is 0 Å². The number of pyridine rings is 1. The highest BCUT2D eigenvalue weighted by atomic mass is 32.2. The molecule has 4 nitrogen and oxygen atoms in total. The normalized spacial score (nSPS) is 22.7. The predicted molar refractivity (Wildman–Crippen MR) is 60.3 cm³/mol. The van der Waals surface area contributed by atoms with Crippen LogP contribution < -0.4 is 5.73 Å². The summed E-state index contributed by atoms with van der Waals surface area (Å²) in [6, 6.07) is 3.79. The molecular formula is C10H12N2O2S. The van der Waals surface area contributed by atoms with Crippen LogP contribution in [0, 0.1) is 0 Å². The van der Waals surface area contributed by atoms with Gasteiger partial charge in [0.25, 0.3) is 6.47 Å². The maximum absolute atomic E-state index is 10.3. The van der Waals surface area contributed by atoms with E-state index in [1.54, 1.807) is 6.20 Å². The third-order valence-electron chi connectivity index (χ3n) is 2.26. The second-order valence-electron chi connectivity index (χ2n) is 3.20. The first-order chi connectivity index (χ1) is 7.24. The van der Waals surface area contributed by atoms with Gasteiger partial charge in [0.15, 0.2) is 0 Å². The van der Waals surface area contributed by atoms with Crippen molar-refractivity contribution in [1.29, 1.82) is 0 Å². The van der Waals surface area contributed by atoms with E-state index in [2.05, 4.69) is 4.98 Å². The molecule has 0 radical (unpaired) electrons. The molecule has 1 aliphatic heterocycles. The summed E-state index contributed by atoms with van der Waals surface area (Å²) in [7, 11) is -0.719. The molecule has 1 aliphatic rings. The quantitative estimate of drug-likeness (QED) is 0.598. The molecule has 0 amide bonds. The number of aromatic nitrogens is 1. The summed E-state index contributed by atoms with van der Waals surface area (Å²) in [5.41, 5.74) is 7.38. The molecule has 2 N–H and O–H groups in total. The van der Waals surface area contributed by atoms with E-state index in [4.69, 9.17) is 10.5 Å². The molecule has 0 aliphatic carbocycles. The summed E-state index contributed by atoms with van der Waals surface area (Å²) in [6.07, 6.45) is 1.73. The Bertz CT molecular complexity index is 420. The fraction of sp³-hybridized carbons (Fsp3) is 0.200. The van der Waals surface area contributed by atoms with Crippen LogP contribution in [-0.2, 0) is 9.53 Å². The number of thiol groups is 1. The summed E-state index contributed by atoms with van der Waals surface area (Å²) >= 11 is 0. The minimum Gasteiger partial charge on any atom is -0.455 e. The van der Waals surface area contributed by atoms with Crippen molar-refractivity contribution in [3.63, 3.8) is 0 Å². The van der Waals surface area contributed by atoms with Gasteiger partial charge in [-0.05, 0) is 24.5 Å². The van der Waals surface area contributed by atoms with E-state index >= 15 is 0 Å². The van der Waals surface area contributed by atoms with Crippen LogP contribution >= 0.6 is 10.9 Å². The van der Waals surface area contributed by atoms with Gasteiger partial charge in [-0.25, -0.2) is 0 Å². The molecule has 0 saturated heterocycles. The number of hydrogen-bond acceptors (Lipinski definition) is 4. The fourth-order valence-corrected chi connectivity index (χ4v) is 3.51. The second-order valence-corrected chi connectivity index (χ2v) is 5.42. The highest BCUT2D eigenvalue weighted by Gasteiger charge is 2.25. The van der Waals surface area contributed by atoms with Gasteiger partial charge in [-0.2, -0.15) is 10.9 Å². The van der Waals surface area contributed by atoms with E-state index in [9.17, 15) is 4.79 Å². The SMILES string of the molecule is CC(OC=O)[SH]1C=C(N)c2cccnc21. The molecule has 15 heavy (non-hydrogen) atoms. The maximum atomic E-state index is 10.3. The lowest BCUT2D eigenvalue weighted by atomic mass is 10.2. The minimum absolute atomic E-state index is 0.174.